The van der Waals surface area contributed by atoms with E-state index in [1.807, 2.05) is 19.1 Å². The number of rotatable bonds is 6. The molecule has 0 aliphatic heterocycles. The molecule has 0 aliphatic rings. The van der Waals surface area contributed by atoms with Gasteiger partial charge in [-0.25, -0.2) is 4.98 Å². The van der Waals surface area contributed by atoms with Crippen molar-refractivity contribution < 1.29 is 9.90 Å². The summed E-state index contributed by atoms with van der Waals surface area (Å²) in [7, 11) is 0. The number of aryl methyl sites for hydroxylation is 1. The summed E-state index contributed by atoms with van der Waals surface area (Å²) in [6, 6.07) is 14.5. The molecule has 1 heterocycles. The van der Waals surface area contributed by atoms with Gasteiger partial charge in [0.1, 0.15) is 5.82 Å². The molecule has 26 heavy (non-hydrogen) atoms. The van der Waals surface area contributed by atoms with Gasteiger partial charge in [0, 0.05) is 22.7 Å². The van der Waals surface area contributed by atoms with Crippen molar-refractivity contribution in [2.45, 2.75) is 19.8 Å². The van der Waals surface area contributed by atoms with Gasteiger partial charge in [0.2, 0.25) is 5.95 Å². The molecule has 0 fully saturated rings. The van der Waals surface area contributed by atoms with Crippen LogP contribution in [0.4, 0.5) is 11.6 Å². The van der Waals surface area contributed by atoms with E-state index in [1.165, 1.54) is 0 Å². The Morgan fingerprint density at radius 3 is 2.54 bits per heavy atom. The molecule has 1 aromatic heterocycles. The molecule has 0 amide bonds. The van der Waals surface area contributed by atoms with Crippen molar-refractivity contribution >= 4 is 29.2 Å². The normalized spacial score (nSPS) is 10.5. The van der Waals surface area contributed by atoms with Crippen molar-refractivity contribution in [3.63, 3.8) is 0 Å². The second-order valence-electron chi connectivity index (χ2n) is 5.66. The van der Waals surface area contributed by atoms with Gasteiger partial charge in [-0.3, -0.25) is 4.79 Å². The summed E-state index contributed by atoms with van der Waals surface area (Å²) in [5.41, 5.74) is 2.31. The Balaban J connectivity index is 1.87. The molecule has 0 saturated heterocycles. The van der Waals surface area contributed by atoms with Crippen LogP contribution in [0, 0.1) is 0 Å². The maximum Gasteiger partial charge on any atom is 0.307 e. The van der Waals surface area contributed by atoms with Crippen molar-refractivity contribution in [1.29, 1.82) is 0 Å². The average Bonchev–Trinajstić information content (AvgIpc) is 2.62. The Morgan fingerprint density at radius 1 is 1.12 bits per heavy atom. The predicted octanol–water partition coefficient (Wildman–Crippen LogP) is 4.13. The van der Waals surface area contributed by atoms with Crippen LogP contribution in [0.3, 0.4) is 0 Å². The largest absolute Gasteiger partial charge is 0.481 e. The fraction of sp³-hybridized carbons (Fsp3) is 0.158. The molecule has 3 rings (SSSR count). The van der Waals surface area contributed by atoms with Crippen LogP contribution in [-0.2, 0) is 17.6 Å². The lowest BCUT2D eigenvalue weighted by Crippen LogP contribution is -2.05. The summed E-state index contributed by atoms with van der Waals surface area (Å²) in [5, 5.41) is 12.6. The van der Waals surface area contributed by atoms with Gasteiger partial charge in [-0.2, -0.15) is 9.97 Å². The van der Waals surface area contributed by atoms with Gasteiger partial charge in [-0.15, -0.1) is 0 Å². The van der Waals surface area contributed by atoms with E-state index in [0.29, 0.717) is 29.0 Å². The van der Waals surface area contributed by atoms with E-state index in [1.54, 1.807) is 36.4 Å². The summed E-state index contributed by atoms with van der Waals surface area (Å²) in [4.78, 5) is 24.1. The van der Waals surface area contributed by atoms with Gasteiger partial charge < -0.3 is 10.4 Å². The zero-order chi connectivity index (χ0) is 18.5. The van der Waals surface area contributed by atoms with Gasteiger partial charge >= 0.3 is 5.97 Å². The highest BCUT2D eigenvalue weighted by molar-refractivity contribution is 6.30. The quantitative estimate of drug-likeness (QED) is 0.680. The SMILES string of the molecule is CCc1nc(Nc2ccc(CC(=O)O)cc2)nc(-c2cccc(Cl)c2)n1. The summed E-state index contributed by atoms with van der Waals surface area (Å²) in [6.07, 6.45) is 0.660. The molecule has 0 atom stereocenters. The molecule has 2 aromatic carbocycles. The van der Waals surface area contributed by atoms with Gasteiger partial charge in [0.05, 0.1) is 6.42 Å². The van der Waals surface area contributed by atoms with E-state index in [4.69, 9.17) is 16.7 Å². The first-order chi connectivity index (χ1) is 12.5. The van der Waals surface area contributed by atoms with Crippen LogP contribution in [0.5, 0.6) is 0 Å². The number of carboxylic acids is 1. The van der Waals surface area contributed by atoms with Crippen molar-refractivity contribution in [2.75, 3.05) is 5.32 Å². The van der Waals surface area contributed by atoms with Gasteiger partial charge in [-0.05, 0) is 29.8 Å². The van der Waals surface area contributed by atoms with Gasteiger partial charge in [-0.1, -0.05) is 42.8 Å². The van der Waals surface area contributed by atoms with Crippen LogP contribution >= 0.6 is 11.6 Å². The zero-order valence-corrected chi connectivity index (χ0v) is 14.9. The molecule has 6 nitrogen and oxygen atoms in total. The van der Waals surface area contributed by atoms with Crippen molar-refractivity contribution in [1.82, 2.24) is 15.0 Å². The number of aromatic nitrogens is 3. The second-order valence-corrected chi connectivity index (χ2v) is 6.09. The molecular formula is C19H17ClN4O2. The van der Waals surface area contributed by atoms with Crippen LogP contribution in [0.1, 0.15) is 18.3 Å². The summed E-state index contributed by atoms with van der Waals surface area (Å²) in [6.45, 7) is 1.97. The van der Waals surface area contributed by atoms with Crippen LogP contribution in [0.25, 0.3) is 11.4 Å². The third-order valence-electron chi connectivity index (χ3n) is 3.65. The molecule has 0 saturated carbocycles. The first kappa shape index (κ1) is 17.8. The lowest BCUT2D eigenvalue weighted by atomic mass is 10.1. The van der Waals surface area contributed by atoms with Crippen molar-refractivity contribution in [2.24, 2.45) is 0 Å². The Morgan fingerprint density at radius 2 is 1.88 bits per heavy atom. The standard InChI is InChI=1S/C19H17ClN4O2/c1-2-16-22-18(13-4-3-5-14(20)11-13)24-19(23-16)21-15-8-6-12(7-9-15)10-17(25)26/h3-9,11H,2,10H2,1H3,(H,25,26)(H,21,22,23,24). The van der Waals surface area contributed by atoms with E-state index in [9.17, 15) is 4.79 Å². The van der Waals surface area contributed by atoms with Crippen LogP contribution in [-0.4, -0.2) is 26.0 Å². The molecule has 132 valence electrons. The Hall–Kier alpha value is -2.99. The predicted molar refractivity (Wildman–Crippen MR) is 101 cm³/mol. The molecule has 0 aliphatic carbocycles. The summed E-state index contributed by atoms with van der Waals surface area (Å²) < 4.78 is 0. The molecule has 7 heteroatoms. The number of nitrogens with zero attached hydrogens (tertiary/aromatic N) is 3. The van der Waals surface area contributed by atoms with E-state index in [2.05, 4.69) is 20.3 Å². The first-order valence-corrected chi connectivity index (χ1v) is 8.50. The minimum atomic E-state index is -0.859. The van der Waals surface area contributed by atoms with E-state index in [-0.39, 0.29) is 6.42 Å². The van der Waals surface area contributed by atoms with Gasteiger partial charge in [0.25, 0.3) is 0 Å². The molecule has 0 spiro atoms. The maximum absolute atomic E-state index is 10.8. The van der Waals surface area contributed by atoms with Crippen LogP contribution < -0.4 is 5.32 Å². The number of hydrogen-bond donors (Lipinski definition) is 2. The Labute approximate surface area is 155 Å². The molecule has 2 N–H and O–H groups in total. The number of hydrogen-bond acceptors (Lipinski definition) is 5. The van der Waals surface area contributed by atoms with Crippen molar-refractivity contribution in [3.8, 4) is 11.4 Å². The fourth-order valence-electron chi connectivity index (χ4n) is 2.40. The first-order valence-electron chi connectivity index (χ1n) is 8.12. The minimum absolute atomic E-state index is 0.00899. The number of carbonyl (C=O) groups is 1. The fourth-order valence-corrected chi connectivity index (χ4v) is 2.59. The lowest BCUT2D eigenvalue weighted by molar-refractivity contribution is -0.136. The molecule has 3 aromatic rings. The monoisotopic (exact) mass is 368 g/mol. The van der Waals surface area contributed by atoms with Crippen LogP contribution in [0.15, 0.2) is 48.5 Å². The third kappa shape index (κ3) is 4.55. The van der Waals surface area contributed by atoms with E-state index >= 15 is 0 Å². The molecule has 0 radical (unpaired) electrons. The zero-order valence-electron chi connectivity index (χ0n) is 14.1. The summed E-state index contributed by atoms with van der Waals surface area (Å²) in [5.74, 6) is 0.782. The Bertz CT molecular complexity index is 929. The number of halogens is 1. The number of aliphatic carboxylic acids is 1. The second kappa shape index (κ2) is 7.93. The third-order valence-corrected chi connectivity index (χ3v) is 3.88. The van der Waals surface area contributed by atoms with E-state index < -0.39 is 5.97 Å². The topological polar surface area (TPSA) is 88.0 Å². The summed E-state index contributed by atoms with van der Waals surface area (Å²) >= 11 is 6.06. The smallest absolute Gasteiger partial charge is 0.307 e. The number of anilines is 2. The number of benzene rings is 2. The maximum atomic E-state index is 10.8. The minimum Gasteiger partial charge on any atom is -0.481 e. The number of carboxylic acid groups (broad SMARTS) is 1. The average molecular weight is 369 g/mol. The highest BCUT2D eigenvalue weighted by Crippen LogP contribution is 2.22. The molecule has 0 bridgehead atoms. The number of nitrogens with one attached hydrogen (secondary N) is 1. The molecule has 0 unspecified atom stereocenters. The molecular weight excluding hydrogens is 352 g/mol. The van der Waals surface area contributed by atoms with Gasteiger partial charge in [0.15, 0.2) is 5.82 Å². The van der Waals surface area contributed by atoms with E-state index in [0.717, 1.165) is 16.8 Å². The lowest BCUT2D eigenvalue weighted by Gasteiger charge is -2.09. The highest BCUT2D eigenvalue weighted by Gasteiger charge is 2.09. The van der Waals surface area contributed by atoms with Crippen molar-refractivity contribution in [3.05, 3.63) is 64.9 Å². The Kier molecular flexibility index (Phi) is 5.43. The van der Waals surface area contributed by atoms with Crippen LogP contribution in [0.2, 0.25) is 5.02 Å². The highest BCUT2D eigenvalue weighted by atomic mass is 35.5.